The summed E-state index contributed by atoms with van der Waals surface area (Å²) in [5, 5.41) is 2.82. The van der Waals surface area contributed by atoms with Gasteiger partial charge in [0.25, 0.3) is 20.2 Å². The lowest BCUT2D eigenvalue weighted by Gasteiger charge is -2.20. The molecule has 20 heavy (non-hydrogen) atoms. The van der Waals surface area contributed by atoms with E-state index < -0.39 is 25.1 Å². The van der Waals surface area contributed by atoms with E-state index >= 15 is 0 Å². The molecule has 0 saturated carbocycles. The maximum atomic E-state index is 11.9. The highest BCUT2D eigenvalue weighted by Crippen LogP contribution is 2.17. The molecule has 0 aliphatic heterocycles. The highest BCUT2D eigenvalue weighted by molar-refractivity contribution is 7.87. The molecule has 0 atom stereocenters. The molecule has 0 aromatic heterocycles. The molecule has 0 aliphatic carbocycles. The fourth-order valence-corrected chi connectivity index (χ4v) is 2.65. The highest BCUT2D eigenvalue weighted by atomic mass is 32.2. The Kier molecular flexibility index (Phi) is 4.93. The summed E-state index contributed by atoms with van der Waals surface area (Å²) in [5.41, 5.74) is -0.328. The van der Waals surface area contributed by atoms with Crippen molar-refractivity contribution in [1.29, 1.82) is 0 Å². The van der Waals surface area contributed by atoms with E-state index in [4.69, 9.17) is 8.74 Å². The zero-order valence-electron chi connectivity index (χ0n) is 11.3. The monoisotopic (exact) mass is 323 g/mol. The quantitative estimate of drug-likeness (QED) is 0.472. The second-order valence-electron chi connectivity index (χ2n) is 5.09. The standard InChI is InChI=1S/C11H17NO6S2/c1-11(2,3)12-8-18-20(16,17)10-6-4-5-9(7-10)19(13,14)15/h4-7,12H,8H2,1-3H3,(H,13,14,15). The summed E-state index contributed by atoms with van der Waals surface area (Å²) in [5.74, 6) is 0. The van der Waals surface area contributed by atoms with E-state index in [9.17, 15) is 16.8 Å². The van der Waals surface area contributed by atoms with Crippen LogP contribution >= 0.6 is 0 Å². The summed E-state index contributed by atoms with van der Waals surface area (Å²) >= 11 is 0. The van der Waals surface area contributed by atoms with Crippen LogP contribution in [0.1, 0.15) is 20.8 Å². The molecular formula is C11H17NO6S2. The lowest BCUT2D eigenvalue weighted by Crippen LogP contribution is -2.38. The van der Waals surface area contributed by atoms with Gasteiger partial charge in [-0.2, -0.15) is 16.8 Å². The Labute approximate surface area is 118 Å². The van der Waals surface area contributed by atoms with Crippen LogP contribution in [-0.2, 0) is 24.4 Å². The number of nitrogens with one attached hydrogen (secondary N) is 1. The van der Waals surface area contributed by atoms with E-state index in [-0.39, 0.29) is 17.2 Å². The van der Waals surface area contributed by atoms with Crippen LogP contribution in [0, 0.1) is 0 Å². The van der Waals surface area contributed by atoms with Gasteiger partial charge in [-0.05, 0) is 39.0 Å². The molecule has 114 valence electrons. The van der Waals surface area contributed by atoms with Gasteiger partial charge in [0.1, 0.15) is 6.73 Å². The Balaban J connectivity index is 2.94. The van der Waals surface area contributed by atoms with Crippen LogP contribution in [0.4, 0.5) is 0 Å². The Morgan fingerprint density at radius 3 is 2.20 bits per heavy atom. The number of benzene rings is 1. The first-order valence-electron chi connectivity index (χ1n) is 5.64. The minimum Gasteiger partial charge on any atom is -0.289 e. The molecule has 0 radical (unpaired) electrons. The molecule has 0 spiro atoms. The molecule has 0 amide bonds. The van der Waals surface area contributed by atoms with E-state index in [0.717, 1.165) is 12.1 Å². The molecule has 1 aromatic carbocycles. The molecule has 9 heteroatoms. The fourth-order valence-electron chi connectivity index (χ4n) is 1.18. The summed E-state index contributed by atoms with van der Waals surface area (Å²) in [6, 6.07) is 4.31. The van der Waals surface area contributed by atoms with Crippen molar-refractivity contribution in [3.63, 3.8) is 0 Å². The molecule has 7 nitrogen and oxygen atoms in total. The van der Waals surface area contributed by atoms with E-state index in [2.05, 4.69) is 5.32 Å². The summed E-state index contributed by atoms with van der Waals surface area (Å²) in [7, 11) is -8.57. The van der Waals surface area contributed by atoms with Gasteiger partial charge in [0.05, 0.1) is 9.79 Å². The van der Waals surface area contributed by atoms with Gasteiger partial charge in [-0.25, -0.2) is 0 Å². The van der Waals surface area contributed by atoms with Gasteiger partial charge < -0.3 is 0 Å². The van der Waals surface area contributed by atoms with E-state index in [1.165, 1.54) is 12.1 Å². The third-order valence-corrected chi connectivity index (χ3v) is 4.32. The van der Waals surface area contributed by atoms with Crippen LogP contribution < -0.4 is 5.32 Å². The van der Waals surface area contributed by atoms with Crippen molar-refractivity contribution < 1.29 is 25.6 Å². The van der Waals surface area contributed by atoms with Gasteiger partial charge >= 0.3 is 0 Å². The predicted octanol–water partition coefficient (Wildman–Crippen LogP) is 0.984. The van der Waals surface area contributed by atoms with Gasteiger partial charge in [-0.1, -0.05) is 6.07 Å². The number of hydrogen-bond donors (Lipinski definition) is 2. The minimum atomic E-state index is -4.46. The van der Waals surface area contributed by atoms with Gasteiger partial charge in [0.2, 0.25) is 0 Å². The lowest BCUT2D eigenvalue weighted by molar-refractivity contribution is 0.243. The second kappa shape index (κ2) is 5.78. The third kappa shape index (κ3) is 5.17. The predicted molar refractivity (Wildman–Crippen MR) is 72.3 cm³/mol. The molecule has 0 aliphatic rings. The maximum absolute atomic E-state index is 11.9. The molecule has 1 aromatic rings. The Hall–Kier alpha value is -1.00. The molecule has 0 fully saturated rings. The van der Waals surface area contributed by atoms with Gasteiger partial charge in [-0.15, -0.1) is 0 Å². The fraction of sp³-hybridized carbons (Fsp3) is 0.455. The smallest absolute Gasteiger partial charge is 0.289 e. The minimum absolute atomic E-state index is 0.248. The van der Waals surface area contributed by atoms with Crippen LogP contribution in [-0.4, -0.2) is 33.7 Å². The molecular weight excluding hydrogens is 306 g/mol. The van der Waals surface area contributed by atoms with E-state index in [1.54, 1.807) is 0 Å². The Morgan fingerprint density at radius 1 is 1.15 bits per heavy atom. The van der Waals surface area contributed by atoms with Crippen LogP contribution in [0.15, 0.2) is 34.1 Å². The highest BCUT2D eigenvalue weighted by Gasteiger charge is 2.19. The van der Waals surface area contributed by atoms with Crippen molar-refractivity contribution in [2.24, 2.45) is 0 Å². The average molecular weight is 323 g/mol. The molecule has 1 rings (SSSR count). The normalized spacial score (nSPS) is 13.4. The van der Waals surface area contributed by atoms with Crippen LogP contribution in [0.3, 0.4) is 0 Å². The number of rotatable bonds is 5. The first-order valence-corrected chi connectivity index (χ1v) is 8.49. The Morgan fingerprint density at radius 2 is 1.70 bits per heavy atom. The molecule has 2 N–H and O–H groups in total. The summed E-state index contributed by atoms with van der Waals surface area (Å²) < 4.78 is 59.3. The Bertz CT molecular complexity index is 673. The molecule has 0 saturated heterocycles. The largest absolute Gasteiger partial charge is 0.298 e. The van der Waals surface area contributed by atoms with E-state index in [0.29, 0.717) is 0 Å². The molecule has 0 heterocycles. The van der Waals surface area contributed by atoms with Crippen LogP contribution in [0.5, 0.6) is 0 Å². The zero-order valence-corrected chi connectivity index (χ0v) is 13.0. The van der Waals surface area contributed by atoms with Crippen LogP contribution in [0.2, 0.25) is 0 Å². The van der Waals surface area contributed by atoms with Gasteiger partial charge in [0.15, 0.2) is 0 Å². The summed E-state index contributed by atoms with van der Waals surface area (Å²) in [6.07, 6.45) is 0. The lowest BCUT2D eigenvalue weighted by atomic mass is 10.1. The van der Waals surface area contributed by atoms with Gasteiger partial charge in [-0.3, -0.25) is 14.1 Å². The van der Waals surface area contributed by atoms with Gasteiger partial charge in [0, 0.05) is 5.54 Å². The first kappa shape index (κ1) is 17.1. The van der Waals surface area contributed by atoms with Crippen molar-refractivity contribution >= 4 is 20.2 Å². The second-order valence-corrected chi connectivity index (χ2v) is 8.13. The third-order valence-electron chi connectivity index (χ3n) is 2.21. The SMILES string of the molecule is CC(C)(C)NCOS(=O)(=O)c1cccc(S(=O)(=O)O)c1. The van der Waals surface area contributed by atoms with Crippen LogP contribution in [0.25, 0.3) is 0 Å². The number of hydrogen-bond acceptors (Lipinski definition) is 6. The maximum Gasteiger partial charge on any atom is 0.298 e. The van der Waals surface area contributed by atoms with Crippen molar-refractivity contribution in [1.82, 2.24) is 5.32 Å². The van der Waals surface area contributed by atoms with E-state index in [1.807, 2.05) is 20.8 Å². The molecule has 0 unspecified atom stereocenters. The van der Waals surface area contributed by atoms with Crippen molar-refractivity contribution in [3.05, 3.63) is 24.3 Å². The summed E-state index contributed by atoms with van der Waals surface area (Å²) in [6.45, 7) is 5.26. The van der Waals surface area contributed by atoms with Crippen molar-refractivity contribution in [2.75, 3.05) is 6.73 Å². The van der Waals surface area contributed by atoms with Crippen molar-refractivity contribution in [2.45, 2.75) is 36.1 Å². The topological polar surface area (TPSA) is 110 Å². The zero-order chi connectivity index (χ0) is 15.6. The average Bonchev–Trinajstić information content (AvgIpc) is 2.26. The molecule has 0 bridgehead atoms. The summed E-state index contributed by atoms with van der Waals surface area (Å²) in [4.78, 5) is -0.853. The first-order chi connectivity index (χ1) is 8.92. The van der Waals surface area contributed by atoms with Crippen molar-refractivity contribution in [3.8, 4) is 0 Å².